The predicted molar refractivity (Wildman–Crippen MR) is 72.4 cm³/mol. The number of sulfone groups is 1. The normalized spacial score (nSPS) is 12.6. The Morgan fingerprint density at radius 2 is 1.47 bits per heavy atom. The molecule has 0 aliphatic carbocycles. The standard InChI is InChI=1S/C15H13NO2S/c1-12(11-16)13-7-9-15(10-8-13)19(17,18)14-5-3-2-4-6-14/h2-10,12H,1H3. The first-order valence-electron chi connectivity index (χ1n) is 5.85. The quantitative estimate of drug-likeness (QED) is 0.861. The summed E-state index contributed by atoms with van der Waals surface area (Å²) in [5.41, 5.74) is 0.814. The lowest BCUT2D eigenvalue weighted by atomic mass is 10.0. The van der Waals surface area contributed by atoms with Crippen LogP contribution in [-0.2, 0) is 9.84 Å². The molecule has 0 saturated carbocycles. The van der Waals surface area contributed by atoms with E-state index in [9.17, 15) is 8.42 Å². The number of rotatable bonds is 3. The molecule has 2 aromatic carbocycles. The average Bonchev–Trinajstić information content (AvgIpc) is 2.47. The van der Waals surface area contributed by atoms with Gasteiger partial charge in [0.1, 0.15) is 0 Å². The molecule has 0 N–H and O–H groups in total. The molecule has 1 atom stereocenters. The molecular weight excluding hydrogens is 258 g/mol. The monoisotopic (exact) mass is 271 g/mol. The molecule has 4 heteroatoms. The average molecular weight is 271 g/mol. The van der Waals surface area contributed by atoms with Crippen LogP contribution in [0.4, 0.5) is 0 Å². The van der Waals surface area contributed by atoms with Gasteiger partial charge in [-0.25, -0.2) is 8.42 Å². The fourth-order valence-corrected chi connectivity index (χ4v) is 3.03. The Labute approximate surface area is 113 Å². The lowest BCUT2D eigenvalue weighted by Crippen LogP contribution is -2.02. The van der Waals surface area contributed by atoms with Crippen molar-refractivity contribution in [3.8, 4) is 6.07 Å². The molecule has 3 nitrogen and oxygen atoms in total. The smallest absolute Gasteiger partial charge is 0.206 e. The van der Waals surface area contributed by atoms with Crippen LogP contribution in [0.2, 0.25) is 0 Å². The van der Waals surface area contributed by atoms with Crippen LogP contribution in [0.5, 0.6) is 0 Å². The van der Waals surface area contributed by atoms with Gasteiger partial charge < -0.3 is 0 Å². The van der Waals surface area contributed by atoms with E-state index in [2.05, 4.69) is 6.07 Å². The van der Waals surface area contributed by atoms with E-state index in [0.717, 1.165) is 5.56 Å². The molecule has 0 saturated heterocycles. The summed E-state index contributed by atoms with van der Waals surface area (Å²) < 4.78 is 24.6. The van der Waals surface area contributed by atoms with Gasteiger partial charge in [0.15, 0.2) is 0 Å². The maximum Gasteiger partial charge on any atom is 0.206 e. The van der Waals surface area contributed by atoms with Crippen molar-refractivity contribution in [2.45, 2.75) is 22.6 Å². The van der Waals surface area contributed by atoms with Gasteiger partial charge in [-0.15, -0.1) is 0 Å². The van der Waals surface area contributed by atoms with Crippen molar-refractivity contribution >= 4 is 9.84 Å². The summed E-state index contributed by atoms with van der Waals surface area (Å²) in [5.74, 6) is -0.242. The van der Waals surface area contributed by atoms with Crippen molar-refractivity contribution in [2.75, 3.05) is 0 Å². The van der Waals surface area contributed by atoms with Crippen molar-refractivity contribution < 1.29 is 8.42 Å². The van der Waals surface area contributed by atoms with Crippen LogP contribution in [0.15, 0.2) is 64.4 Å². The minimum absolute atomic E-state index is 0.242. The summed E-state index contributed by atoms with van der Waals surface area (Å²) in [7, 11) is -3.47. The van der Waals surface area contributed by atoms with Crippen LogP contribution in [0, 0.1) is 11.3 Å². The summed E-state index contributed by atoms with van der Waals surface area (Å²) in [6, 6.07) is 16.9. The SMILES string of the molecule is CC(C#N)c1ccc(S(=O)(=O)c2ccccc2)cc1. The molecule has 0 bridgehead atoms. The van der Waals surface area contributed by atoms with E-state index in [0.29, 0.717) is 0 Å². The van der Waals surface area contributed by atoms with Gasteiger partial charge in [-0.1, -0.05) is 30.3 Å². The second-order valence-electron chi connectivity index (χ2n) is 4.24. The highest BCUT2D eigenvalue weighted by molar-refractivity contribution is 7.91. The van der Waals surface area contributed by atoms with E-state index in [1.807, 2.05) is 0 Å². The first-order chi connectivity index (χ1) is 9.05. The number of hydrogen-bond donors (Lipinski definition) is 0. The Kier molecular flexibility index (Phi) is 3.68. The number of nitriles is 1. The highest BCUT2D eigenvalue weighted by Crippen LogP contribution is 2.22. The fraction of sp³-hybridized carbons (Fsp3) is 0.133. The van der Waals surface area contributed by atoms with Gasteiger partial charge in [0.2, 0.25) is 9.84 Å². The van der Waals surface area contributed by atoms with Gasteiger partial charge in [-0.2, -0.15) is 5.26 Å². The molecule has 0 aromatic heterocycles. The zero-order valence-corrected chi connectivity index (χ0v) is 11.3. The molecule has 1 unspecified atom stereocenters. The Bertz CT molecular complexity index is 698. The molecular formula is C15H13NO2S. The molecule has 0 radical (unpaired) electrons. The van der Waals surface area contributed by atoms with Gasteiger partial charge in [0.05, 0.1) is 21.8 Å². The lowest BCUT2D eigenvalue weighted by molar-refractivity contribution is 0.596. The van der Waals surface area contributed by atoms with Gasteiger partial charge in [-0.05, 0) is 36.8 Å². The van der Waals surface area contributed by atoms with E-state index in [4.69, 9.17) is 5.26 Å². The first kappa shape index (κ1) is 13.3. The van der Waals surface area contributed by atoms with Crippen molar-refractivity contribution in [1.82, 2.24) is 0 Å². The van der Waals surface area contributed by atoms with Gasteiger partial charge in [-0.3, -0.25) is 0 Å². The fourth-order valence-electron chi connectivity index (χ4n) is 1.75. The third-order valence-electron chi connectivity index (χ3n) is 2.94. The molecule has 0 fully saturated rings. The van der Waals surface area contributed by atoms with Crippen molar-refractivity contribution in [1.29, 1.82) is 5.26 Å². The summed E-state index contributed by atoms with van der Waals surface area (Å²) >= 11 is 0. The van der Waals surface area contributed by atoms with E-state index in [-0.39, 0.29) is 15.7 Å². The topological polar surface area (TPSA) is 57.9 Å². The van der Waals surface area contributed by atoms with E-state index in [1.54, 1.807) is 61.5 Å². The second kappa shape index (κ2) is 5.25. The van der Waals surface area contributed by atoms with E-state index >= 15 is 0 Å². The lowest BCUT2D eigenvalue weighted by Gasteiger charge is -2.07. The van der Waals surface area contributed by atoms with Crippen LogP contribution in [0.1, 0.15) is 18.4 Å². The molecule has 2 rings (SSSR count). The third-order valence-corrected chi connectivity index (χ3v) is 4.72. The van der Waals surface area contributed by atoms with Gasteiger partial charge in [0, 0.05) is 0 Å². The first-order valence-corrected chi connectivity index (χ1v) is 7.34. The third kappa shape index (κ3) is 2.67. The molecule has 19 heavy (non-hydrogen) atoms. The predicted octanol–water partition coefficient (Wildman–Crippen LogP) is 3.15. The second-order valence-corrected chi connectivity index (χ2v) is 6.19. The molecule has 0 heterocycles. The largest absolute Gasteiger partial charge is 0.219 e. The van der Waals surface area contributed by atoms with Crippen LogP contribution >= 0.6 is 0 Å². The molecule has 0 aliphatic rings. The van der Waals surface area contributed by atoms with E-state index in [1.165, 1.54) is 0 Å². The van der Waals surface area contributed by atoms with Gasteiger partial charge >= 0.3 is 0 Å². The Morgan fingerprint density at radius 1 is 0.947 bits per heavy atom. The van der Waals surface area contributed by atoms with Crippen molar-refractivity contribution in [2.24, 2.45) is 0 Å². The molecule has 0 amide bonds. The van der Waals surface area contributed by atoms with Crippen molar-refractivity contribution in [3.63, 3.8) is 0 Å². The molecule has 2 aromatic rings. The highest BCUT2D eigenvalue weighted by Gasteiger charge is 2.17. The summed E-state index contributed by atoms with van der Waals surface area (Å²) in [5, 5.41) is 8.83. The Morgan fingerprint density at radius 3 is 2.00 bits per heavy atom. The minimum atomic E-state index is -3.47. The van der Waals surface area contributed by atoms with Crippen LogP contribution in [0.25, 0.3) is 0 Å². The van der Waals surface area contributed by atoms with Crippen LogP contribution < -0.4 is 0 Å². The zero-order valence-electron chi connectivity index (χ0n) is 10.4. The Balaban J connectivity index is 2.41. The summed E-state index contributed by atoms with van der Waals surface area (Å²) in [6.45, 7) is 1.78. The summed E-state index contributed by atoms with van der Waals surface area (Å²) in [6.07, 6.45) is 0. The molecule has 0 spiro atoms. The van der Waals surface area contributed by atoms with Crippen LogP contribution in [-0.4, -0.2) is 8.42 Å². The molecule has 96 valence electrons. The zero-order chi connectivity index (χ0) is 13.9. The highest BCUT2D eigenvalue weighted by atomic mass is 32.2. The Hall–Kier alpha value is -2.12. The van der Waals surface area contributed by atoms with Crippen molar-refractivity contribution in [3.05, 3.63) is 60.2 Å². The van der Waals surface area contributed by atoms with Crippen LogP contribution in [0.3, 0.4) is 0 Å². The molecule has 0 aliphatic heterocycles. The number of benzene rings is 2. The number of nitrogens with zero attached hydrogens (tertiary/aromatic N) is 1. The number of hydrogen-bond acceptors (Lipinski definition) is 3. The maximum atomic E-state index is 12.3. The maximum absolute atomic E-state index is 12.3. The van der Waals surface area contributed by atoms with E-state index < -0.39 is 9.84 Å². The van der Waals surface area contributed by atoms with Gasteiger partial charge in [0.25, 0.3) is 0 Å². The summed E-state index contributed by atoms with van der Waals surface area (Å²) in [4.78, 5) is 0.517. The minimum Gasteiger partial charge on any atom is -0.219 e.